The minimum absolute atomic E-state index is 0.0834. The van der Waals surface area contributed by atoms with Crippen LogP contribution in [-0.4, -0.2) is 35.7 Å². The zero-order valence-electron chi connectivity index (χ0n) is 9.91. The zero-order valence-corrected chi connectivity index (χ0v) is 10.8. The maximum atomic E-state index is 11.3. The molecule has 15 heavy (non-hydrogen) atoms. The Balaban J connectivity index is 3.98. The molecule has 4 heteroatoms. The Morgan fingerprint density at radius 1 is 1.27 bits per heavy atom. The predicted molar refractivity (Wildman–Crippen MR) is 68.2 cm³/mol. The number of hydrogen-bond donors (Lipinski definition) is 2. The number of nitrogens with two attached hydrogens (primary N) is 1. The van der Waals surface area contributed by atoms with E-state index in [1.165, 1.54) is 0 Å². The normalized spacial score (nSPS) is 13.1. The molecule has 0 aromatic rings. The molecular formula is C11H24N2OS. The number of nitrogens with zero attached hydrogens (tertiary/aromatic N) is 1. The quantitative estimate of drug-likeness (QED) is 0.469. The first kappa shape index (κ1) is 14.8. The first-order chi connectivity index (χ1) is 7.17. The first-order valence-electron chi connectivity index (χ1n) is 5.81. The monoisotopic (exact) mass is 232 g/mol. The molecule has 0 radical (unpaired) electrons. The molecule has 0 aromatic carbocycles. The third kappa shape index (κ3) is 6.05. The van der Waals surface area contributed by atoms with Crippen LogP contribution in [0.2, 0.25) is 0 Å². The number of amides is 1. The average Bonchev–Trinajstić information content (AvgIpc) is 2.22. The highest BCUT2D eigenvalue weighted by molar-refractivity contribution is 7.80. The Kier molecular flexibility index (Phi) is 8.91. The zero-order chi connectivity index (χ0) is 11.7. The van der Waals surface area contributed by atoms with Crippen molar-refractivity contribution in [3.63, 3.8) is 0 Å². The van der Waals surface area contributed by atoms with E-state index in [4.69, 9.17) is 5.73 Å². The summed E-state index contributed by atoms with van der Waals surface area (Å²) < 4.78 is 0. The number of carbonyl (C=O) groups is 1. The van der Waals surface area contributed by atoms with Crippen LogP contribution in [0.5, 0.6) is 0 Å². The highest BCUT2D eigenvalue weighted by Gasteiger charge is 2.20. The predicted octanol–water partition coefficient (Wildman–Crippen LogP) is 1.67. The van der Waals surface area contributed by atoms with E-state index < -0.39 is 0 Å². The van der Waals surface area contributed by atoms with E-state index in [0.717, 1.165) is 44.5 Å². The van der Waals surface area contributed by atoms with Crippen molar-refractivity contribution < 1.29 is 4.79 Å². The molecule has 1 atom stereocenters. The third-order valence-corrected chi connectivity index (χ3v) is 3.03. The summed E-state index contributed by atoms with van der Waals surface area (Å²) in [6.07, 6.45) is 4.19. The fourth-order valence-corrected chi connectivity index (χ4v) is 2.02. The number of hydrogen-bond acceptors (Lipinski definition) is 3. The molecule has 0 bridgehead atoms. The van der Waals surface area contributed by atoms with Crippen LogP contribution in [0.3, 0.4) is 0 Å². The lowest BCUT2D eigenvalue weighted by molar-refractivity contribution is -0.123. The van der Waals surface area contributed by atoms with Gasteiger partial charge in [-0.15, -0.1) is 0 Å². The molecule has 1 amide bonds. The summed E-state index contributed by atoms with van der Waals surface area (Å²) in [7, 11) is 0. The van der Waals surface area contributed by atoms with Crippen LogP contribution in [0, 0.1) is 0 Å². The lowest BCUT2D eigenvalue weighted by Gasteiger charge is -2.26. The molecule has 0 saturated heterocycles. The smallest absolute Gasteiger partial charge is 0.234 e. The molecule has 0 heterocycles. The molecule has 1 unspecified atom stereocenters. The van der Waals surface area contributed by atoms with Crippen molar-refractivity contribution in [2.24, 2.45) is 5.73 Å². The Morgan fingerprint density at radius 2 is 1.87 bits per heavy atom. The summed E-state index contributed by atoms with van der Waals surface area (Å²) >= 11 is 4.16. The largest absolute Gasteiger partial charge is 0.368 e. The van der Waals surface area contributed by atoms with Gasteiger partial charge in [0.2, 0.25) is 5.91 Å². The van der Waals surface area contributed by atoms with Crippen LogP contribution in [-0.2, 0) is 4.79 Å². The van der Waals surface area contributed by atoms with E-state index in [0.29, 0.717) is 0 Å². The fraction of sp³-hybridized carbons (Fsp3) is 0.909. The van der Waals surface area contributed by atoms with Crippen LogP contribution >= 0.6 is 12.6 Å². The van der Waals surface area contributed by atoms with E-state index in [1.807, 2.05) is 0 Å². The number of unbranched alkanes of at least 4 members (excludes halogenated alkanes) is 2. The SMILES string of the molecule is CCN(CC)C(CCCCCS)C(N)=O. The van der Waals surface area contributed by atoms with Crippen LogP contribution < -0.4 is 5.73 Å². The molecule has 0 aliphatic heterocycles. The molecule has 0 aromatic heterocycles. The standard InChI is InChI=1S/C11H24N2OS/c1-3-13(4-2)10(11(12)14)8-6-5-7-9-15/h10,15H,3-9H2,1-2H3,(H2,12,14). The van der Waals surface area contributed by atoms with Gasteiger partial charge in [0.1, 0.15) is 0 Å². The minimum Gasteiger partial charge on any atom is -0.368 e. The van der Waals surface area contributed by atoms with Crippen molar-refractivity contribution in [2.45, 2.75) is 45.6 Å². The van der Waals surface area contributed by atoms with Gasteiger partial charge >= 0.3 is 0 Å². The molecular weight excluding hydrogens is 208 g/mol. The van der Waals surface area contributed by atoms with Gasteiger partial charge in [0, 0.05) is 0 Å². The molecule has 3 nitrogen and oxygen atoms in total. The summed E-state index contributed by atoms with van der Waals surface area (Å²) in [6.45, 7) is 5.90. The van der Waals surface area contributed by atoms with E-state index >= 15 is 0 Å². The second kappa shape index (κ2) is 9.04. The maximum absolute atomic E-state index is 11.3. The van der Waals surface area contributed by atoms with Gasteiger partial charge in [0.05, 0.1) is 6.04 Å². The maximum Gasteiger partial charge on any atom is 0.234 e. The Labute approximate surface area is 98.8 Å². The summed E-state index contributed by atoms with van der Waals surface area (Å²) in [5.41, 5.74) is 5.41. The topological polar surface area (TPSA) is 46.3 Å². The number of thiol groups is 1. The first-order valence-corrected chi connectivity index (χ1v) is 6.44. The Morgan fingerprint density at radius 3 is 2.27 bits per heavy atom. The minimum atomic E-state index is -0.190. The van der Waals surface area contributed by atoms with Crippen LogP contribution in [0.15, 0.2) is 0 Å². The molecule has 90 valence electrons. The summed E-state index contributed by atoms with van der Waals surface area (Å²) in [4.78, 5) is 13.4. The van der Waals surface area contributed by atoms with Crippen molar-refractivity contribution in [3.05, 3.63) is 0 Å². The van der Waals surface area contributed by atoms with Crippen molar-refractivity contribution in [3.8, 4) is 0 Å². The van der Waals surface area contributed by atoms with Crippen LogP contribution in [0.1, 0.15) is 39.5 Å². The van der Waals surface area contributed by atoms with Gasteiger partial charge in [-0.05, 0) is 31.7 Å². The van der Waals surface area contributed by atoms with Gasteiger partial charge in [-0.2, -0.15) is 12.6 Å². The molecule has 0 spiro atoms. The van der Waals surface area contributed by atoms with Crippen molar-refractivity contribution in [1.82, 2.24) is 4.90 Å². The van der Waals surface area contributed by atoms with Crippen molar-refractivity contribution in [1.29, 1.82) is 0 Å². The van der Waals surface area contributed by atoms with Crippen molar-refractivity contribution in [2.75, 3.05) is 18.8 Å². The highest BCUT2D eigenvalue weighted by Crippen LogP contribution is 2.10. The second-order valence-electron chi connectivity index (χ2n) is 3.71. The van der Waals surface area contributed by atoms with Crippen LogP contribution in [0.25, 0.3) is 0 Å². The number of carbonyl (C=O) groups excluding carboxylic acids is 1. The lowest BCUT2D eigenvalue weighted by atomic mass is 10.1. The van der Waals surface area contributed by atoms with Gasteiger partial charge in [-0.25, -0.2) is 0 Å². The van der Waals surface area contributed by atoms with Crippen LogP contribution in [0.4, 0.5) is 0 Å². The molecule has 0 fully saturated rings. The molecule has 0 saturated carbocycles. The summed E-state index contributed by atoms with van der Waals surface area (Å²) in [5, 5.41) is 0. The third-order valence-electron chi connectivity index (χ3n) is 2.72. The number of primary amides is 1. The van der Waals surface area contributed by atoms with E-state index in [-0.39, 0.29) is 11.9 Å². The van der Waals surface area contributed by atoms with E-state index in [1.54, 1.807) is 0 Å². The van der Waals surface area contributed by atoms with Gasteiger partial charge in [0.25, 0.3) is 0 Å². The fourth-order valence-electron chi connectivity index (χ4n) is 1.80. The number of likely N-dealkylation sites (N-methyl/N-ethyl adjacent to an activating group) is 1. The second-order valence-corrected chi connectivity index (χ2v) is 4.16. The summed E-state index contributed by atoms with van der Waals surface area (Å²) in [6, 6.07) is -0.0834. The Bertz CT molecular complexity index is 172. The van der Waals surface area contributed by atoms with E-state index in [2.05, 4.69) is 31.4 Å². The van der Waals surface area contributed by atoms with Gasteiger partial charge in [0.15, 0.2) is 0 Å². The molecule has 2 N–H and O–H groups in total. The van der Waals surface area contributed by atoms with Crippen molar-refractivity contribution >= 4 is 18.5 Å². The summed E-state index contributed by atoms with van der Waals surface area (Å²) in [5.74, 6) is 0.733. The van der Waals surface area contributed by atoms with E-state index in [9.17, 15) is 4.79 Å². The average molecular weight is 232 g/mol. The highest BCUT2D eigenvalue weighted by atomic mass is 32.1. The lowest BCUT2D eigenvalue weighted by Crippen LogP contribution is -2.44. The Hall–Kier alpha value is -0.220. The van der Waals surface area contributed by atoms with Gasteiger partial charge in [-0.1, -0.05) is 26.7 Å². The number of rotatable bonds is 9. The van der Waals surface area contributed by atoms with Gasteiger partial charge < -0.3 is 5.73 Å². The molecule has 0 aliphatic rings. The molecule has 0 rings (SSSR count). The molecule has 0 aliphatic carbocycles. The van der Waals surface area contributed by atoms with Gasteiger partial charge in [-0.3, -0.25) is 9.69 Å².